The topological polar surface area (TPSA) is 136 Å². The Morgan fingerprint density at radius 1 is 0.931 bits per heavy atom. The van der Waals surface area contributed by atoms with Gasteiger partial charge in [-0.3, -0.25) is 10.2 Å². The Hall–Kier alpha value is -2.38. The van der Waals surface area contributed by atoms with Gasteiger partial charge in [-0.1, -0.05) is 0 Å². The van der Waals surface area contributed by atoms with E-state index >= 15 is 0 Å². The molecule has 4 aromatic rings. The van der Waals surface area contributed by atoms with Crippen LogP contribution in [0.25, 0.3) is 22.1 Å². The molecule has 0 atom stereocenters. The van der Waals surface area contributed by atoms with Gasteiger partial charge in [0.25, 0.3) is 0 Å². The average molecular weight is 593 g/mol. The van der Waals surface area contributed by atoms with Gasteiger partial charge >= 0.3 is 11.9 Å². The van der Waals surface area contributed by atoms with Gasteiger partial charge in [-0.15, -0.1) is 0 Å². The molecule has 13 heteroatoms. The number of aromatic amines is 2. The maximum absolute atomic E-state index is 11.3. The Kier molecular flexibility index (Phi) is 8.67. The molecule has 4 aromatic heterocycles. The van der Waals surface area contributed by atoms with Crippen molar-refractivity contribution < 1.29 is 19.1 Å². The number of pyridine rings is 2. The third kappa shape index (κ3) is 5.36. The fourth-order valence-electron chi connectivity index (χ4n) is 2.24. The summed E-state index contributed by atoms with van der Waals surface area (Å²) in [6.07, 6.45) is 3.23. The molecular weight excluding hydrogens is 580 g/mol. The Bertz CT molecular complexity index is 1130. The number of nitrogens with zero attached hydrogens (tertiary/aromatic N) is 4. The molecule has 4 rings (SSSR count). The SMILES string of the molecule is BrBr.COC(=O)c1[nH]nc2ncc(Br)cc12.COC(=O)c1[nH]nc2ncccc12. The Morgan fingerprint density at radius 2 is 1.48 bits per heavy atom. The highest BCUT2D eigenvalue weighted by atomic mass is 80.9. The molecular formula is C16H13Br3N6O4. The summed E-state index contributed by atoms with van der Waals surface area (Å²) in [5, 5.41) is 14.2. The fraction of sp³-hybridized carbons (Fsp3) is 0.125. The Labute approximate surface area is 187 Å². The first-order chi connectivity index (χ1) is 14.0. The van der Waals surface area contributed by atoms with Crippen LogP contribution in [-0.2, 0) is 9.47 Å². The van der Waals surface area contributed by atoms with E-state index in [9.17, 15) is 9.59 Å². The lowest BCUT2D eigenvalue weighted by atomic mass is 10.3. The van der Waals surface area contributed by atoms with Crippen LogP contribution < -0.4 is 0 Å². The van der Waals surface area contributed by atoms with Crippen LogP contribution in [0.4, 0.5) is 0 Å². The van der Waals surface area contributed by atoms with Crippen molar-refractivity contribution >= 4 is 78.2 Å². The Morgan fingerprint density at radius 3 is 2.07 bits per heavy atom. The van der Waals surface area contributed by atoms with E-state index in [1.54, 1.807) is 30.6 Å². The zero-order valence-electron chi connectivity index (χ0n) is 14.9. The van der Waals surface area contributed by atoms with E-state index in [0.717, 1.165) is 4.47 Å². The van der Waals surface area contributed by atoms with Gasteiger partial charge in [0.15, 0.2) is 22.7 Å². The number of methoxy groups -OCH3 is 2. The number of esters is 2. The van der Waals surface area contributed by atoms with Gasteiger partial charge in [-0.25, -0.2) is 19.6 Å². The maximum Gasteiger partial charge on any atom is 0.356 e. The predicted molar refractivity (Wildman–Crippen MR) is 116 cm³/mol. The number of rotatable bonds is 2. The van der Waals surface area contributed by atoms with Gasteiger partial charge in [0.1, 0.15) is 0 Å². The van der Waals surface area contributed by atoms with E-state index in [0.29, 0.717) is 33.5 Å². The van der Waals surface area contributed by atoms with Crippen LogP contribution >= 0.6 is 44.2 Å². The van der Waals surface area contributed by atoms with Gasteiger partial charge < -0.3 is 9.47 Å². The van der Waals surface area contributed by atoms with E-state index < -0.39 is 11.9 Å². The predicted octanol–water partition coefficient (Wildman–Crippen LogP) is 3.94. The van der Waals surface area contributed by atoms with Gasteiger partial charge in [-0.2, -0.15) is 10.2 Å². The van der Waals surface area contributed by atoms with Crippen molar-refractivity contribution in [3.8, 4) is 0 Å². The number of hydrogen-bond donors (Lipinski definition) is 2. The summed E-state index contributed by atoms with van der Waals surface area (Å²) in [7, 11) is 2.64. The highest BCUT2D eigenvalue weighted by molar-refractivity contribution is 9.93. The van der Waals surface area contributed by atoms with Crippen LogP contribution in [0.1, 0.15) is 21.0 Å². The summed E-state index contributed by atoms with van der Waals surface area (Å²) in [6, 6.07) is 5.26. The summed E-state index contributed by atoms with van der Waals surface area (Å²) in [4.78, 5) is 30.4. The van der Waals surface area contributed by atoms with Crippen LogP contribution in [-0.4, -0.2) is 56.5 Å². The molecule has 0 aliphatic rings. The number of hydrogen-bond acceptors (Lipinski definition) is 8. The van der Waals surface area contributed by atoms with Crippen molar-refractivity contribution in [1.82, 2.24) is 30.4 Å². The van der Waals surface area contributed by atoms with E-state index in [1.807, 2.05) is 0 Å². The van der Waals surface area contributed by atoms with Crippen LogP contribution in [0, 0.1) is 0 Å². The monoisotopic (exact) mass is 590 g/mol. The van der Waals surface area contributed by atoms with Crippen molar-refractivity contribution in [2.24, 2.45) is 0 Å². The highest BCUT2D eigenvalue weighted by Gasteiger charge is 2.14. The van der Waals surface area contributed by atoms with Crippen molar-refractivity contribution in [3.05, 3.63) is 46.5 Å². The maximum atomic E-state index is 11.3. The van der Waals surface area contributed by atoms with E-state index in [2.05, 4.69) is 84.0 Å². The van der Waals surface area contributed by atoms with Gasteiger partial charge in [-0.05, 0) is 34.1 Å². The molecule has 0 aliphatic heterocycles. The molecule has 0 fully saturated rings. The summed E-state index contributed by atoms with van der Waals surface area (Å²) >= 11 is 8.77. The van der Waals surface area contributed by atoms with Crippen molar-refractivity contribution in [3.63, 3.8) is 0 Å². The normalized spacial score (nSPS) is 9.83. The molecule has 4 heterocycles. The second kappa shape index (κ2) is 11.0. The summed E-state index contributed by atoms with van der Waals surface area (Å²) in [6.45, 7) is 0. The second-order valence-corrected chi connectivity index (χ2v) is 6.00. The van der Waals surface area contributed by atoms with Gasteiger partial charge in [0.05, 0.1) is 25.0 Å². The second-order valence-electron chi connectivity index (χ2n) is 5.08. The van der Waals surface area contributed by atoms with E-state index in [-0.39, 0.29) is 0 Å². The van der Waals surface area contributed by atoms with Crippen LogP contribution in [0.15, 0.2) is 35.1 Å². The molecule has 0 spiro atoms. The third-order valence-corrected chi connectivity index (χ3v) is 3.92. The molecule has 10 nitrogen and oxygen atoms in total. The number of halogens is 3. The minimum Gasteiger partial charge on any atom is -0.464 e. The average Bonchev–Trinajstić information content (AvgIpc) is 3.38. The van der Waals surface area contributed by atoms with Crippen molar-refractivity contribution in [2.75, 3.05) is 14.2 Å². The first-order valence-electron chi connectivity index (χ1n) is 7.64. The smallest absolute Gasteiger partial charge is 0.356 e. The largest absolute Gasteiger partial charge is 0.464 e. The lowest BCUT2D eigenvalue weighted by Crippen LogP contribution is -2.01. The van der Waals surface area contributed by atoms with Crippen LogP contribution in [0.3, 0.4) is 0 Å². The fourth-order valence-corrected chi connectivity index (χ4v) is 2.57. The number of carbonyl (C=O) groups is 2. The number of nitrogens with one attached hydrogen (secondary N) is 2. The number of fused-ring (bicyclic) bond motifs is 2. The first kappa shape index (κ1) is 22.9. The van der Waals surface area contributed by atoms with E-state index in [4.69, 9.17) is 0 Å². The Balaban J connectivity index is 0.000000191. The summed E-state index contributed by atoms with van der Waals surface area (Å²) in [5.41, 5.74) is 1.67. The molecule has 0 unspecified atom stereocenters. The van der Waals surface area contributed by atoms with Crippen molar-refractivity contribution in [2.45, 2.75) is 0 Å². The lowest BCUT2D eigenvalue weighted by Gasteiger charge is -1.95. The van der Waals surface area contributed by atoms with Crippen LogP contribution in [0.2, 0.25) is 0 Å². The highest BCUT2D eigenvalue weighted by Crippen LogP contribution is 2.19. The van der Waals surface area contributed by atoms with Gasteiger partial charge in [0, 0.05) is 45.1 Å². The molecule has 2 N–H and O–H groups in total. The number of H-pyrrole nitrogens is 2. The zero-order chi connectivity index (χ0) is 21.4. The number of aromatic nitrogens is 6. The number of carbonyl (C=O) groups excluding carboxylic acids is 2. The molecule has 0 aliphatic carbocycles. The molecule has 0 aromatic carbocycles. The minimum atomic E-state index is -0.451. The van der Waals surface area contributed by atoms with Crippen molar-refractivity contribution in [1.29, 1.82) is 0 Å². The van der Waals surface area contributed by atoms with E-state index in [1.165, 1.54) is 14.2 Å². The molecule has 0 saturated carbocycles. The quantitative estimate of drug-likeness (QED) is 0.334. The lowest BCUT2D eigenvalue weighted by molar-refractivity contribution is 0.0587. The first-order valence-corrected chi connectivity index (χ1v) is 12.2. The molecule has 0 radical (unpaired) electrons. The third-order valence-electron chi connectivity index (χ3n) is 3.48. The standard InChI is InChI=1S/C8H6BrN3O2.C8H7N3O2.Br2/c1-14-8(13)6-5-2-4(9)3-10-7(5)12-11-6;1-13-8(12)6-5-3-2-4-9-7(5)11-10-6;1-2/h2-3H,1H3,(H,10,11,12);2-4H,1H3,(H,9,10,11);. The number of ether oxygens (including phenoxy) is 2. The molecule has 0 bridgehead atoms. The summed E-state index contributed by atoms with van der Waals surface area (Å²) < 4.78 is 9.94. The summed E-state index contributed by atoms with van der Waals surface area (Å²) in [5.74, 6) is -0.886. The molecule has 0 amide bonds. The van der Waals surface area contributed by atoms with Gasteiger partial charge in [0.2, 0.25) is 0 Å². The molecule has 0 saturated heterocycles. The minimum absolute atomic E-state index is 0.316. The van der Waals surface area contributed by atoms with Crippen LogP contribution in [0.5, 0.6) is 0 Å². The zero-order valence-corrected chi connectivity index (χ0v) is 19.7. The molecule has 29 heavy (non-hydrogen) atoms. The molecule has 152 valence electrons.